The first-order valence-electron chi connectivity index (χ1n) is 7.04. The second-order valence-electron chi connectivity index (χ2n) is 5.62. The molecule has 102 valence electrons. The molecule has 3 nitrogen and oxygen atoms in total. The summed E-state index contributed by atoms with van der Waals surface area (Å²) in [5, 5.41) is 4.24. The van der Waals surface area contributed by atoms with E-state index >= 15 is 0 Å². The van der Waals surface area contributed by atoms with Crippen molar-refractivity contribution in [2.45, 2.75) is 51.8 Å². The molecule has 0 spiro atoms. The molecule has 1 aliphatic heterocycles. The molecule has 1 aliphatic rings. The van der Waals surface area contributed by atoms with Crippen LogP contribution in [0.25, 0.3) is 0 Å². The molecule has 1 aromatic heterocycles. The van der Waals surface area contributed by atoms with Crippen molar-refractivity contribution in [3.05, 3.63) is 11.9 Å². The molecule has 1 saturated heterocycles. The standard InChI is InChI=1S/C14H25N3S/c1-11(2)8-15-14-16-12(3)9-17(14)10-13-6-4-5-7-18-13/h9,11,13H,4-8,10H2,1-3H3,(H,15,16). The number of anilines is 1. The summed E-state index contributed by atoms with van der Waals surface area (Å²) >= 11 is 2.12. The van der Waals surface area contributed by atoms with Crippen LogP contribution in [0.4, 0.5) is 5.95 Å². The van der Waals surface area contributed by atoms with Crippen molar-refractivity contribution in [3.8, 4) is 0 Å². The molecule has 1 N–H and O–H groups in total. The van der Waals surface area contributed by atoms with E-state index in [9.17, 15) is 0 Å². The van der Waals surface area contributed by atoms with Gasteiger partial charge in [0.1, 0.15) is 0 Å². The van der Waals surface area contributed by atoms with E-state index < -0.39 is 0 Å². The predicted molar refractivity (Wildman–Crippen MR) is 80.4 cm³/mol. The summed E-state index contributed by atoms with van der Waals surface area (Å²) in [6.07, 6.45) is 6.31. The lowest BCUT2D eigenvalue weighted by atomic mass is 10.2. The Morgan fingerprint density at radius 3 is 3.00 bits per heavy atom. The number of thioether (sulfide) groups is 1. The molecular formula is C14H25N3S. The van der Waals surface area contributed by atoms with E-state index in [0.29, 0.717) is 5.92 Å². The fourth-order valence-electron chi connectivity index (χ4n) is 2.29. The monoisotopic (exact) mass is 267 g/mol. The normalized spacial score (nSPS) is 20.3. The average molecular weight is 267 g/mol. The number of hydrogen-bond acceptors (Lipinski definition) is 3. The van der Waals surface area contributed by atoms with Gasteiger partial charge in [-0.25, -0.2) is 4.98 Å². The number of aryl methyl sites for hydroxylation is 1. The molecule has 2 rings (SSSR count). The van der Waals surface area contributed by atoms with Gasteiger partial charge < -0.3 is 9.88 Å². The maximum atomic E-state index is 4.59. The highest BCUT2D eigenvalue weighted by molar-refractivity contribution is 7.99. The third-order valence-electron chi connectivity index (χ3n) is 3.24. The molecule has 0 radical (unpaired) electrons. The van der Waals surface area contributed by atoms with Crippen LogP contribution < -0.4 is 5.32 Å². The van der Waals surface area contributed by atoms with Gasteiger partial charge in [-0.3, -0.25) is 0 Å². The van der Waals surface area contributed by atoms with Gasteiger partial charge >= 0.3 is 0 Å². The number of aromatic nitrogens is 2. The molecule has 1 fully saturated rings. The van der Waals surface area contributed by atoms with Gasteiger partial charge in [-0.15, -0.1) is 0 Å². The Hall–Kier alpha value is -0.640. The topological polar surface area (TPSA) is 29.9 Å². The van der Waals surface area contributed by atoms with Crippen LogP contribution in [0.15, 0.2) is 6.20 Å². The Kier molecular flexibility index (Phi) is 4.98. The van der Waals surface area contributed by atoms with Crippen LogP contribution >= 0.6 is 11.8 Å². The minimum atomic E-state index is 0.652. The lowest BCUT2D eigenvalue weighted by Crippen LogP contribution is -2.19. The number of nitrogens with one attached hydrogen (secondary N) is 1. The summed E-state index contributed by atoms with van der Waals surface area (Å²) in [7, 11) is 0. The largest absolute Gasteiger partial charge is 0.355 e. The molecule has 1 aromatic rings. The zero-order chi connectivity index (χ0) is 13.0. The average Bonchev–Trinajstić information content (AvgIpc) is 2.68. The summed E-state index contributed by atoms with van der Waals surface area (Å²) in [6, 6.07) is 0. The van der Waals surface area contributed by atoms with Gasteiger partial charge in [0.25, 0.3) is 0 Å². The Balaban J connectivity index is 1.97. The molecule has 1 atom stereocenters. The lowest BCUT2D eigenvalue weighted by molar-refractivity contribution is 0.582. The Morgan fingerprint density at radius 1 is 1.50 bits per heavy atom. The van der Waals surface area contributed by atoms with Gasteiger partial charge in [0.05, 0.1) is 5.69 Å². The second-order valence-corrected chi connectivity index (χ2v) is 7.03. The van der Waals surface area contributed by atoms with E-state index in [0.717, 1.165) is 30.0 Å². The van der Waals surface area contributed by atoms with Crippen LogP contribution in [0.5, 0.6) is 0 Å². The zero-order valence-electron chi connectivity index (χ0n) is 11.8. The minimum absolute atomic E-state index is 0.652. The lowest BCUT2D eigenvalue weighted by Gasteiger charge is -2.22. The molecule has 0 bridgehead atoms. The zero-order valence-corrected chi connectivity index (χ0v) is 12.6. The maximum Gasteiger partial charge on any atom is 0.203 e. The number of imidazole rings is 1. The molecular weight excluding hydrogens is 242 g/mol. The van der Waals surface area contributed by atoms with Gasteiger partial charge in [-0.05, 0) is 31.4 Å². The molecule has 0 saturated carbocycles. The Morgan fingerprint density at radius 2 is 2.33 bits per heavy atom. The first kappa shape index (κ1) is 13.8. The predicted octanol–water partition coefficient (Wildman–Crippen LogP) is 3.55. The summed E-state index contributed by atoms with van der Waals surface area (Å²) in [5.41, 5.74) is 1.11. The summed E-state index contributed by atoms with van der Waals surface area (Å²) in [6.45, 7) is 8.62. The first-order chi connectivity index (χ1) is 8.65. The molecule has 18 heavy (non-hydrogen) atoms. The molecule has 1 unspecified atom stereocenters. The highest BCUT2D eigenvalue weighted by atomic mass is 32.2. The van der Waals surface area contributed by atoms with Crippen LogP contribution in [0, 0.1) is 12.8 Å². The van der Waals surface area contributed by atoms with Crippen LogP contribution in [-0.4, -0.2) is 27.1 Å². The second kappa shape index (κ2) is 6.50. The molecule has 2 heterocycles. The molecule has 0 amide bonds. The van der Waals surface area contributed by atoms with Crippen molar-refractivity contribution in [2.24, 2.45) is 5.92 Å². The number of rotatable bonds is 5. The van der Waals surface area contributed by atoms with Gasteiger partial charge in [-0.1, -0.05) is 20.3 Å². The van der Waals surface area contributed by atoms with Crippen molar-refractivity contribution in [1.29, 1.82) is 0 Å². The van der Waals surface area contributed by atoms with Crippen molar-refractivity contribution in [3.63, 3.8) is 0 Å². The fraction of sp³-hybridized carbons (Fsp3) is 0.786. The fourth-order valence-corrected chi connectivity index (χ4v) is 3.60. The molecule has 0 aromatic carbocycles. The van der Waals surface area contributed by atoms with E-state index in [1.807, 2.05) is 0 Å². The Bertz CT molecular complexity index is 367. The maximum absolute atomic E-state index is 4.59. The van der Waals surface area contributed by atoms with Gasteiger partial charge in [0, 0.05) is 24.5 Å². The highest BCUT2D eigenvalue weighted by Gasteiger charge is 2.16. The van der Waals surface area contributed by atoms with Crippen LogP contribution in [0.3, 0.4) is 0 Å². The van der Waals surface area contributed by atoms with Crippen LogP contribution in [0.1, 0.15) is 38.8 Å². The van der Waals surface area contributed by atoms with E-state index in [1.54, 1.807) is 0 Å². The minimum Gasteiger partial charge on any atom is -0.355 e. The van der Waals surface area contributed by atoms with Crippen LogP contribution in [-0.2, 0) is 6.54 Å². The van der Waals surface area contributed by atoms with Gasteiger partial charge in [-0.2, -0.15) is 11.8 Å². The van der Waals surface area contributed by atoms with Crippen molar-refractivity contribution in [2.75, 3.05) is 17.6 Å². The van der Waals surface area contributed by atoms with Crippen LogP contribution in [0.2, 0.25) is 0 Å². The van der Waals surface area contributed by atoms with Crippen molar-refractivity contribution < 1.29 is 0 Å². The number of nitrogens with zero attached hydrogens (tertiary/aromatic N) is 2. The summed E-state index contributed by atoms with van der Waals surface area (Å²) in [4.78, 5) is 4.59. The first-order valence-corrected chi connectivity index (χ1v) is 8.09. The quantitative estimate of drug-likeness (QED) is 0.885. The van der Waals surface area contributed by atoms with E-state index in [4.69, 9.17) is 0 Å². The van der Waals surface area contributed by atoms with E-state index in [-0.39, 0.29) is 0 Å². The summed E-state index contributed by atoms with van der Waals surface area (Å²) in [5.74, 6) is 3.03. The van der Waals surface area contributed by atoms with Gasteiger partial charge in [0.2, 0.25) is 5.95 Å². The van der Waals surface area contributed by atoms with Crippen molar-refractivity contribution in [1.82, 2.24) is 9.55 Å². The SMILES string of the molecule is Cc1cn(CC2CCCCS2)c(NCC(C)C)n1. The third kappa shape index (κ3) is 3.94. The van der Waals surface area contributed by atoms with Crippen molar-refractivity contribution >= 4 is 17.7 Å². The van der Waals surface area contributed by atoms with Gasteiger partial charge in [0.15, 0.2) is 0 Å². The van der Waals surface area contributed by atoms with E-state index in [2.05, 4.69) is 53.6 Å². The number of hydrogen-bond donors (Lipinski definition) is 1. The third-order valence-corrected chi connectivity index (χ3v) is 4.62. The molecule has 0 aliphatic carbocycles. The summed E-state index contributed by atoms with van der Waals surface area (Å²) < 4.78 is 2.31. The van der Waals surface area contributed by atoms with E-state index in [1.165, 1.54) is 25.0 Å². The highest BCUT2D eigenvalue weighted by Crippen LogP contribution is 2.27. The Labute approximate surface area is 115 Å². The molecule has 4 heteroatoms. The smallest absolute Gasteiger partial charge is 0.203 e.